The molecule has 0 unspecified atom stereocenters. The topological polar surface area (TPSA) is 78.9 Å². The second-order valence-electron chi connectivity index (χ2n) is 9.21. The summed E-state index contributed by atoms with van der Waals surface area (Å²) in [5, 5.41) is 12.0. The quantitative estimate of drug-likeness (QED) is 0.564. The molecule has 0 aliphatic carbocycles. The van der Waals surface area contributed by atoms with Crippen molar-refractivity contribution in [1.29, 1.82) is 0 Å². The van der Waals surface area contributed by atoms with Crippen molar-refractivity contribution < 1.29 is 32.6 Å². The van der Waals surface area contributed by atoms with Crippen molar-refractivity contribution in [2.45, 2.75) is 57.5 Å². The number of carboxylic acids is 1. The summed E-state index contributed by atoms with van der Waals surface area (Å²) >= 11 is 0. The maximum atomic E-state index is 12.9. The van der Waals surface area contributed by atoms with E-state index in [1.165, 1.54) is 24.3 Å². The lowest BCUT2D eigenvalue weighted by Gasteiger charge is -2.35. The van der Waals surface area contributed by atoms with Gasteiger partial charge in [0.2, 0.25) is 5.91 Å². The molecule has 1 aliphatic rings. The van der Waals surface area contributed by atoms with E-state index in [4.69, 9.17) is 9.84 Å². The molecule has 2 N–H and O–H groups in total. The summed E-state index contributed by atoms with van der Waals surface area (Å²) in [6.45, 7) is 6.89. The smallest absolute Gasteiger partial charge is 0.416 e. The summed E-state index contributed by atoms with van der Waals surface area (Å²) in [6, 6.07) is 10.9. The molecule has 184 valence electrons. The largest absolute Gasteiger partial charge is 0.489 e. The summed E-state index contributed by atoms with van der Waals surface area (Å²) in [5.41, 5.74) is -0.252. The average Bonchev–Trinajstić information content (AvgIpc) is 3.22. The van der Waals surface area contributed by atoms with Crippen molar-refractivity contribution in [2.24, 2.45) is 0 Å². The molecule has 1 aliphatic heterocycles. The van der Waals surface area contributed by atoms with Gasteiger partial charge in [-0.1, -0.05) is 18.2 Å². The maximum Gasteiger partial charge on any atom is 0.416 e. The molecule has 1 saturated heterocycles. The first-order valence-corrected chi connectivity index (χ1v) is 11.1. The van der Waals surface area contributed by atoms with Crippen molar-refractivity contribution in [3.63, 3.8) is 0 Å². The van der Waals surface area contributed by atoms with Crippen molar-refractivity contribution in [2.75, 3.05) is 13.1 Å². The van der Waals surface area contributed by atoms with Gasteiger partial charge >= 0.3 is 12.1 Å². The van der Waals surface area contributed by atoms with Crippen LogP contribution in [-0.2, 0) is 11.0 Å². The molecule has 2 atom stereocenters. The minimum absolute atomic E-state index is 0.151. The Morgan fingerprint density at radius 2 is 1.85 bits per heavy atom. The molecule has 3 rings (SSSR count). The Labute approximate surface area is 196 Å². The molecule has 1 heterocycles. The molecule has 2 aromatic carbocycles. The van der Waals surface area contributed by atoms with Crippen molar-refractivity contribution in [3.8, 4) is 5.75 Å². The summed E-state index contributed by atoms with van der Waals surface area (Å²) < 4.78 is 44.6. The van der Waals surface area contributed by atoms with Gasteiger partial charge in [0.05, 0.1) is 17.2 Å². The van der Waals surface area contributed by atoms with Crippen LogP contribution < -0.4 is 10.1 Å². The Balaban J connectivity index is 1.54. The molecule has 6 nitrogen and oxygen atoms in total. The fourth-order valence-corrected chi connectivity index (χ4v) is 4.11. The van der Waals surface area contributed by atoms with E-state index in [1.807, 2.05) is 20.8 Å². The normalized spacial score (nSPS) is 17.9. The number of benzene rings is 2. The number of alkyl halides is 3. The van der Waals surface area contributed by atoms with Gasteiger partial charge in [0, 0.05) is 25.0 Å². The zero-order chi connectivity index (χ0) is 25.1. The minimum atomic E-state index is -4.42. The number of rotatable bonds is 8. The van der Waals surface area contributed by atoms with Crippen LogP contribution in [-0.4, -0.2) is 46.6 Å². The van der Waals surface area contributed by atoms with E-state index in [0.29, 0.717) is 19.5 Å². The third kappa shape index (κ3) is 6.50. The zero-order valence-corrected chi connectivity index (χ0v) is 19.4. The Kier molecular flexibility index (Phi) is 7.55. The van der Waals surface area contributed by atoms with E-state index in [2.05, 4.69) is 10.2 Å². The predicted molar refractivity (Wildman–Crippen MR) is 121 cm³/mol. The number of amides is 1. The lowest BCUT2D eigenvalue weighted by molar-refractivity contribution is -0.137. The third-order valence-corrected chi connectivity index (χ3v) is 6.09. The van der Waals surface area contributed by atoms with Gasteiger partial charge in [0.1, 0.15) is 11.9 Å². The number of likely N-dealkylation sites (tertiary alicyclic amines) is 1. The first-order chi connectivity index (χ1) is 15.8. The van der Waals surface area contributed by atoms with Crippen LogP contribution in [0.25, 0.3) is 0 Å². The fraction of sp³-hybridized carbons (Fsp3) is 0.440. The molecule has 0 radical (unpaired) electrons. The summed E-state index contributed by atoms with van der Waals surface area (Å²) in [6.07, 6.45) is -3.82. The van der Waals surface area contributed by atoms with Gasteiger partial charge < -0.3 is 15.2 Å². The number of hydrogen-bond acceptors (Lipinski definition) is 4. The third-order valence-electron chi connectivity index (χ3n) is 6.09. The Hall–Kier alpha value is -3.07. The number of carboxylic acid groups (broad SMARTS) is 1. The average molecular weight is 479 g/mol. The number of carbonyl (C=O) groups is 2. The van der Waals surface area contributed by atoms with E-state index >= 15 is 0 Å². The lowest BCUT2D eigenvalue weighted by atomic mass is 9.97. The zero-order valence-electron chi connectivity index (χ0n) is 19.4. The van der Waals surface area contributed by atoms with Crippen LogP contribution in [0.15, 0.2) is 48.5 Å². The molecule has 1 amide bonds. The Bertz CT molecular complexity index is 1020. The highest BCUT2D eigenvalue weighted by Crippen LogP contribution is 2.33. The van der Waals surface area contributed by atoms with E-state index in [1.54, 1.807) is 12.1 Å². The van der Waals surface area contributed by atoms with Crippen LogP contribution in [0.2, 0.25) is 0 Å². The maximum absolute atomic E-state index is 12.9. The second kappa shape index (κ2) is 10.0. The fourth-order valence-electron chi connectivity index (χ4n) is 4.11. The van der Waals surface area contributed by atoms with Gasteiger partial charge in [-0.05, 0) is 63.1 Å². The van der Waals surface area contributed by atoms with Crippen molar-refractivity contribution in [3.05, 3.63) is 65.2 Å². The molecular weight excluding hydrogens is 449 g/mol. The summed E-state index contributed by atoms with van der Waals surface area (Å²) in [4.78, 5) is 25.8. The van der Waals surface area contributed by atoms with Gasteiger partial charge in [-0.25, -0.2) is 4.79 Å². The first-order valence-electron chi connectivity index (χ1n) is 11.1. The van der Waals surface area contributed by atoms with Crippen LogP contribution in [0.1, 0.15) is 61.1 Å². The monoisotopic (exact) mass is 478 g/mol. The standard InChI is InChI=1S/C25H29F3N2O4/c1-16(17-7-9-18(10-8-17)23(32)33)29-22(31)14-24(2,3)30-12-11-21(15-30)34-20-6-4-5-19(13-20)25(26,27)28/h4-10,13,16,21H,11-12,14-15H2,1-3H3,(H,29,31)(H,32,33)/t16-,21+/m0/s1. The first kappa shape index (κ1) is 25.6. The number of ether oxygens (including phenoxy) is 1. The van der Waals surface area contributed by atoms with E-state index in [9.17, 15) is 22.8 Å². The van der Waals surface area contributed by atoms with E-state index in [-0.39, 0.29) is 35.8 Å². The van der Waals surface area contributed by atoms with Crippen LogP contribution >= 0.6 is 0 Å². The van der Waals surface area contributed by atoms with Crippen molar-refractivity contribution in [1.82, 2.24) is 10.2 Å². The molecule has 1 fully saturated rings. The molecule has 0 spiro atoms. The summed E-state index contributed by atoms with van der Waals surface area (Å²) in [7, 11) is 0. The van der Waals surface area contributed by atoms with Crippen LogP contribution in [0.5, 0.6) is 5.75 Å². The molecule has 0 aromatic heterocycles. The van der Waals surface area contributed by atoms with Gasteiger partial charge in [-0.15, -0.1) is 0 Å². The van der Waals surface area contributed by atoms with Crippen LogP contribution in [0.4, 0.5) is 13.2 Å². The SMILES string of the molecule is C[C@H](NC(=O)CC(C)(C)N1CC[C@@H](Oc2cccc(C(F)(F)F)c2)C1)c1ccc(C(=O)O)cc1. The summed E-state index contributed by atoms with van der Waals surface area (Å²) in [5.74, 6) is -0.979. The van der Waals surface area contributed by atoms with Gasteiger partial charge in [-0.2, -0.15) is 13.2 Å². The van der Waals surface area contributed by atoms with Crippen LogP contribution in [0.3, 0.4) is 0 Å². The number of nitrogens with zero attached hydrogens (tertiary/aromatic N) is 1. The van der Waals surface area contributed by atoms with Gasteiger partial charge in [0.15, 0.2) is 0 Å². The number of hydrogen-bond donors (Lipinski definition) is 2. The molecule has 9 heteroatoms. The minimum Gasteiger partial charge on any atom is -0.489 e. The molecule has 2 aromatic rings. The number of aromatic carboxylic acids is 1. The highest BCUT2D eigenvalue weighted by molar-refractivity contribution is 5.87. The Morgan fingerprint density at radius 3 is 2.47 bits per heavy atom. The van der Waals surface area contributed by atoms with E-state index in [0.717, 1.165) is 17.7 Å². The molecule has 0 saturated carbocycles. The molecule has 34 heavy (non-hydrogen) atoms. The van der Waals surface area contributed by atoms with Gasteiger partial charge in [0.25, 0.3) is 0 Å². The highest BCUT2D eigenvalue weighted by Gasteiger charge is 2.36. The number of halogens is 3. The predicted octanol–water partition coefficient (Wildman–Crippen LogP) is 4.90. The number of carbonyl (C=O) groups excluding carboxylic acids is 1. The van der Waals surface area contributed by atoms with Crippen LogP contribution in [0, 0.1) is 0 Å². The number of nitrogens with one attached hydrogen (secondary N) is 1. The van der Waals surface area contributed by atoms with Crippen molar-refractivity contribution >= 4 is 11.9 Å². The Morgan fingerprint density at radius 1 is 1.18 bits per heavy atom. The highest BCUT2D eigenvalue weighted by atomic mass is 19.4. The lowest BCUT2D eigenvalue weighted by Crippen LogP contribution is -2.46. The van der Waals surface area contributed by atoms with E-state index < -0.39 is 23.2 Å². The molecule has 0 bridgehead atoms. The second-order valence-corrected chi connectivity index (χ2v) is 9.21. The van der Waals surface area contributed by atoms with Gasteiger partial charge in [-0.3, -0.25) is 9.69 Å². The molecular formula is C25H29F3N2O4.